The van der Waals surface area contributed by atoms with Crippen molar-refractivity contribution in [1.82, 2.24) is 0 Å². The standard InChI is InChI=1S/C12H23BrO2/c1-3-4-11(2)15-10-12(9-13)5-7-14-8-6-12/h11H,3-10H2,1-2H3. The van der Waals surface area contributed by atoms with Crippen LogP contribution in [-0.2, 0) is 9.47 Å². The molecule has 90 valence electrons. The first-order valence-corrected chi connectivity index (χ1v) is 7.10. The van der Waals surface area contributed by atoms with Gasteiger partial charge in [0.25, 0.3) is 0 Å². The Morgan fingerprint density at radius 1 is 1.40 bits per heavy atom. The molecular weight excluding hydrogens is 256 g/mol. The fourth-order valence-electron chi connectivity index (χ4n) is 1.93. The maximum absolute atomic E-state index is 5.93. The van der Waals surface area contributed by atoms with Gasteiger partial charge in [-0.3, -0.25) is 0 Å². The minimum absolute atomic E-state index is 0.320. The summed E-state index contributed by atoms with van der Waals surface area (Å²) < 4.78 is 11.3. The lowest BCUT2D eigenvalue weighted by Crippen LogP contribution is -2.36. The van der Waals surface area contributed by atoms with E-state index in [1.807, 2.05) is 0 Å². The van der Waals surface area contributed by atoms with Crippen molar-refractivity contribution >= 4 is 15.9 Å². The average molecular weight is 279 g/mol. The third-order valence-electron chi connectivity index (χ3n) is 3.21. The van der Waals surface area contributed by atoms with Crippen LogP contribution in [0.4, 0.5) is 0 Å². The van der Waals surface area contributed by atoms with Crippen molar-refractivity contribution in [3.05, 3.63) is 0 Å². The van der Waals surface area contributed by atoms with Crippen molar-refractivity contribution < 1.29 is 9.47 Å². The predicted octanol–water partition coefficient (Wildman–Crippen LogP) is 3.38. The third-order valence-corrected chi connectivity index (χ3v) is 4.40. The molecule has 0 N–H and O–H groups in total. The normalized spacial score (nSPS) is 22.6. The van der Waals surface area contributed by atoms with E-state index in [1.54, 1.807) is 0 Å². The van der Waals surface area contributed by atoms with Gasteiger partial charge in [0.15, 0.2) is 0 Å². The van der Waals surface area contributed by atoms with Crippen LogP contribution < -0.4 is 0 Å². The molecule has 0 aromatic carbocycles. The molecule has 0 spiro atoms. The van der Waals surface area contributed by atoms with Crippen LogP contribution in [0.3, 0.4) is 0 Å². The molecular formula is C12H23BrO2. The zero-order valence-corrected chi connectivity index (χ0v) is 11.5. The molecule has 0 bridgehead atoms. The van der Waals surface area contributed by atoms with Gasteiger partial charge >= 0.3 is 0 Å². The van der Waals surface area contributed by atoms with E-state index in [0.29, 0.717) is 11.5 Å². The lowest BCUT2D eigenvalue weighted by Gasteiger charge is -2.36. The summed E-state index contributed by atoms with van der Waals surface area (Å²) in [4.78, 5) is 0. The van der Waals surface area contributed by atoms with Crippen LogP contribution in [0.25, 0.3) is 0 Å². The molecule has 1 rings (SSSR count). The predicted molar refractivity (Wildman–Crippen MR) is 66.6 cm³/mol. The summed E-state index contributed by atoms with van der Waals surface area (Å²) in [6.45, 7) is 7.02. The summed E-state index contributed by atoms with van der Waals surface area (Å²) >= 11 is 3.62. The molecule has 1 aliphatic rings. The van der Waals surface area contributed by atoms with Gasteiger partial charge in [-0.2, -0.15) is 0 Å². The number of halogens is 1. The van der Waals surface area contributed by atoms with Gasteiger partial charge in [0.1, 0.15) is 0 Å². The van der Waals surface area contributed by atoms with Crippen molar-refractivity contribution in [1.29, 1.82) is 0 Å². The van der Waals surface area contributed by atoms with Crippen molar-refractivity contribution in [2.45, 2.75) is 45.6 Å². The molecule has 2 nitrogen and oxygen atoms in total. The molecule has 0 aromatic rings. The van der Waals surface area contributed by atoms with Gasteiger partial charge in [-0.25, -0.2) is 0 Å². The van der Waals surface area contributed by atoms with E-state index in [-0.39, 0.29) is 0 Å². The Labute approximate surface area is 102 Å². The highest BCUT2D eigenvalue weighted by Gasteiger charge is 2.32. The van der Waals surface area contributed by atoms with Crippen LogP contribution in [0.2, 0.25) is 0 Å². The summed E-state index contributed by atoms with van der Waals surface area (Å²) in [6, 6.07) is 0. The van der Waals surface area contributed by atoms with E-state index >= 15 is 0 Å². The molecule has 0 aromatic heterocycles. The Morgan fingerprint density at radius 2 is 2.07 bits per heavy atom. The number of hydrogen-bond donors (Lipinski definition) is 0. The molecule has 1 heterocycles. The number of alkyl halides is 1. The average Bonchev–Trinajstić information content (AvgIpc) is 2.28. The van der Waals surface area contributed by atoms with Crippen LogP contribution >= 0.6 is 15.9 Å². The Kier molecular flexibility index (Phi) is 6.17. The highest BCUT2D eigenvalue weighted by atomic mass is 79.9. The van der Waals surface area contributed by atoms with E-state index in [1.165, 1.54) is 6.42 Å². The quantitative estimate of drug-likeness (QED) is 0.694. The molecule has 1 fully saturated rings. The second-order valence-corrected chi connectivity index (χ2v) is 5.22. The minimum atomic E-state index is 0.320. The van der Waals surface area contributed by atoms with Crippen LogP contribution in [-0.4, -0.2) is 31.3 Å². The van der Waals surface area contributed by atoms with Gasteiger partial charge in [-0.15, -0.1) is 0 Å². The highest BCUT2D eigenvalue weighted by Crippen LogP contribution is 2.33. The summed E-state index contributed by atoms with van der Waals surface area (Å²) in [5.41, 5.74) is 0.320. The molecule has 1 unspecified atom stereocenters. The number of ether oxygens (including phenoxy) is 2. The smallest absolute Gasteiger partial charge is 0.0547 e. The Hall–Kier alpha value is 0.400. The van der Waals surface area contributed by atoms with Crippen molar-refractivity contribution in [3.63, 3.8) is 0 Å². The largest absolute Gasteiger partial charge is 0.381 e. The van der Waals surface area contributed by atoms with Crippen molar-refractivity contribution in [3.8, 4) is 0 Å². The Balaban J connectivity index is 2.32. The lowest BCUT2D eigenvalue weighted by molar-refractivity contribution is -0.0491. The van der Waals surface area contributed by atoms with Gasteiger partial charge in [0.05, 0.1) is 12.7 Å². The zero-order chi connectivity index (χ0) is 11.1. The maximum atomic E-state index is 5.93. The molecule has 0 aliphatic carbocycles. The summed E-state index contributed by atoms with van der Waals surface area (Å²) in [5, 5.41) is 1.03. The first-order chi connectivity index (χ1) is 7.22. The van der Waals surface area contributed by atoms with Crippen molar-refractivity contribution in [2.75, 3.05) is 25.2 Å². The fraction of sp³-hybridized carbons (Fsp3) is 1.00. The molecule has 0 saturated carbocycles. The van der Waals surface area contributed by atoms with E-state index in [4.69, 9.17) is 9.47 Å². The summed E-state index contributed by atoms with van der Waals surface area (Å²) in [5.74, 6) is 0. The van der Waals surface area contributed by atoms with Gasteiger partial charge < -0.3 is 9.47 Å². The minimum Gasteiger partial charge on any atom is -0.381 e. The second-order valence-electron chi connectivity index (χ2n) is 4.66. The fourth-order valence-corrected chi connectivity index (χ4v) is 2.65. The van der Waals surface area contributed by atoms with Crippen LogP contribution in [0.1, 0.15) is 39.5 Å². The number of hydrogen-bond acceptors (Lipinski definition) is 2. The summed E-state index contributed by atoms with van der Waals surface area (Å²) in [7, 11) is 0. The molecule has 0 radical (unpaired) electrons. The van der Waals surface area contributed by atoms with Gasteiger partial charge in [-0.1, -0.05) is 29.3 Å². The van der Waals surface area contributed by atoms with Gasteiger partial charge in [0, 0.05) is 24.0 Å². The monoisotopic (exact) mass is 278 g/mol. The van der Waals surface area contributed by atoms with E-state index in [2.05, 4.69) is 29.8 Å². The van der Waals surface area contributed by atoms with Gasteiger partial charge in [-0.05, 0) is 26.2 Å². The molecule has 1 atom stereocenters. The Morgan fingerprint density at radius 3 is 2.60 bits per heavy atom. The Bertz CT molecular complexity index is 167. The first kappa shape index (κ1) is 13.5. The molecule has 1 aliphatic heterocycles. The first-order valence-electron chi connectivity index (χ1n) is 5.98. The van der Waals surface area contributed by atoms with Crippen LogP contribution in [0.5, 0.6) is 0 Å². The van der Waals surface area contributed by atoms with E-state index in [9.17, 15) is 0 Å². The molecule has 3 heteroatoms. The van der Waals surface area contributed by atoms with E-state index < -0.39 is 0 Å². The summed E-state index contributed by atoms with van der Waals surface area (Å²) in [6.07, 6.45) is 5.00. The highest BCUT2D eigenvalue weighted by molar-refractivity contribution is 9.09. The molecule has 1 saturated heterocycles. The zero-order valence-electron chi connectivity index (χ0n) is 9.93. The molecule has 15 heavy (non-hydrogen) atoms. The third kappa shape index (κ3) is 4.41. The topological polar surface area (TPSA) is 18.5 Å². The van der Waals surface area contributed by atoms with Crippen molar-refractivity contribution in [2.24, 2.45) is 5.41 Å². The van der Waals surface area contributed by atoms with Crippen LogP contribution in [0.15, 0.2) is 0 Å². The lowest BCUT2D eigenvalue weighted by atomic mass is 9.83. The second kappa shape index (κ2) is 6.87. The molecule has 0 amide bonds. The number of rotatable bonds is 6. The van der Waals surface area contributed by atoms with E-state index in [0.717, 1.165) is 44.4 Å². The van der Waals surface area contributed by atoms with Crippen LogP contribution in [0, 0.1) is 5.41 Å². The van der Waals surface area contributed by atoms with Gasteiger partial charge in [0.2, 0.25) is 0 Å². The SMILES string of the molecule is CCCC(C)OCC1(CBr)CCOCC1. The maximum Gasteiger partial charge on any atom is 0.0547 e.